The van der Waals surface area contributed by atoms with E-state index in [0.717, 1.165) is 25.0 Å². The molecule has 0 aliphatic heterocycles. The Morgan fingerprint density at radius 1 is 1.17 bits per heavy atom. The van der Waals surface area contributed by atoms with Gasteiger partial charge in [-0.25, -0.2) is 13.2 Å². The van der Waals surface area contributed by atoms with Gasteiger partial charge in [-0.1, -0.05) is 24.3 Å². The highest BCUT2D eigenvalue weighted by Crippen LogP contribution is 2.34. The van der Waals surface area contributed by atoms with Crippen molar-refractivity contribution in [2.45, 2.75) is 18.9 Å². The molecule has 1 aliphatic carbocycles. The summed E-state index contributed by atoms with van der Waals surface area (Å²) in [6.45, 7) is 0.0252. The molecule has 24 heavy (non-hydrogen) atoms. The van der Waals surface area contributed by atoms with E-state index in [4.69, 9.17) is 0 Å². The van der Waals surface area contributed by atoms with E-state index in [1.54, 1.807) is 0 Å². The molecule has 0 unspecified atom stereocenters. The molecule has 1 amide bonds. The Labute approximate surface area is 138 Å². The van der Waals surface area contributed by atoms with Crippen LogP contribution in [0.2, 0.25) is 0 Å². The number of amides is 1. The molecular formula is C18H17F3N2O. The van der Waals surface area contributed by atoms with E-state index in [1.165, 1.54) is 11.1 Å². The highest BCUT2D eigenvalue weighted by atomic mass is 19.2. The maximum atomic E-state index is 13.6. The number of rotatable bonds is 4. The van der Waals surface area contributed by atoms with E-state index < -0.39 is 23.4 Å². The fourth-order valence-corrected chi connectivity index (χ4v) is 3.14. The topological polar surface area (TPSA) is 32.3 Å². The Kier molecular flexibility index (Phi) is 4.57. The van der Waals surface area contributed by atoms with E-state index >= 15 is 0 Å². The Balaban J connectivity index is 1.67. The Morgan fingerprint density at radius 3 is 2.71 bits per heavy atom. The van der Waals surface area contributed by atoms with Gasteiger partial charge in [0.05, 0.1) is 12.2 Å². The lowest BCUT2D eigenvalue weighted by molar-refractivity contribution is -0.117. The lowest BCUT2D eigenvalue weighted by Gasteiger charge is -2.24. The molecular weight excluding hydrogens is 317 g/mol. The van der Waals surface area contributed by atoms with Gasteiger partial charge in [0.25, 0.3) is 0 Å². The third-order valence-corrected chi connectivity index (χ3v) is 4.34. The molecule has 1 atom stereocenters. The SMILES string of the molecule is CN(CC(=O)Nc1ccc(F)c(F)c1F)[C@@H]1CCc2ccccc21. The number of aryl methyl sites for hydroxylation is 1. The molecule has 0 spiro atoms. The fraction of sp³-hybridized carbons (Fsp3) is 0.278. The summed E-state index contributed by atoms with van der Waals surface area (Å²) in [5.74, 6) is -4.75. The molecule has 126 valence electrons. The average Bonchev–Trinajstić information content (AvgIpc) is 2.99. The van der Waals surface area contributed by atoms with Gasteiger partial charge in [0.15, 0.2) is 17.5 Å². The Hall–Kier alpha value is -2.34. The molecule has 0 heterocycles. The number of carbonyl (C=O) groups is 1. The third kappa shape index (κ3) is 3.14. The number of nitrogens with one attached hydrogen (secondary N) is 1. The summed E-state index contributed by atoms with van der Waals surface area (Å²) in [5, 5.41) is 2.29. The van der Waals surface area contributed by atoms with Crippen LogP contribution in [0.5, 0.6) is 0 Å². The molecule has 0 saturated carbocycles. The summed E-state index contributed by atoms with van der Waals surface area (Å²) in [5.41, 5.74) is 2.09. The fourth-order valence-electron chi connectivity index (χ4n) is 3.14. The molecule has 6 heteroatoms. The van der Waals surface area contributed by atoms with Gasteiger partial charge in [0.2, 0.25) is 5.91 Å². The molecule has 0 fully saturated rings. The Morgan fingerprint density at radius 2 is 1.92 bits per heavy atom. The number of benzene rings is 2. The number of likely N-dealkylation sites (N-methyl/N-ethyl adjacent to an activating group) is 1. The molecule has 2 aromatic carbocycles. The molecule has 0 saturated heterocycles. The molecule has 3 nitrogen and oxygen atoms in total. The van der Waals surface area contributed by atoms with Crippen molar-refractivity contribution in [2.24, 2.45) is 0 Å². The number of hydrogen-bond donors (Lipinski definition) is 1. The maximum Gasteiger partial charge on any atom is 0.238 e. The first kappa shape index (κ1) is 16.5. The number of hydrogen-bond acceptors (Lipinski definition) is 2. The summed E-state index contributed by atoms with van der Waals surface area (Å²) in [6, 6.07) is 9.96. The first-order valence-corrected chi connectivity index (χ1v) is 7.68. The molecule has 0 radical (unpaired) electrons. The Bertz CT molecular complexity index is 779. The summed E-state index contributed by atoms with van der Waals surface area (Å²) in [7, 11) is 1.81. The molecule has 0 aromatic heterocycles. The predicted octanol–water partition coefficient (Wildman–Crippen LogP) is 3.66. The number of fused-ring (bicyclic) bond motifs is 1. The lowest BCUT2D eigenvalue weighted by Crippen LogP contribution is -2.32. The highest BCUT2D eigenvalue weighted by molar-refractivity contribution is 5.92. The highest BCUT2D eigenvalue weighted by Gasteiger charge is 2.26. The average molecular weight is 334 g/mol. The second kappa shape index (κ2) is 6.65. The number of carbonyl (C=O) groups excluding carboxylic acids is 1. The van der Waals surface area contributed by atoms with E-state index in [2.05, 4.69) is 11.4 Å². The van der Waals surface area contributed by atoms with Crippen LogP contribution >= 0.6 is 0 Å². The van der Waals surface area contributed by atoms with Gasteiger partial charge < -0.3 is 5.32 Å². The van der Waals surface area contributed by atoms with Gasteiger partial charge in [-0.05, 0) is 43.1 Å². The minimum atomic E-state index is -1.59. The van der Waals surface area contributed by atoms with Gasteiger partial charge in [-0.2, -0.15) is 0 Å². The summed E-state index contributed by atoms with van der Waals surface area (Å²) >= 11 is 0. The van der Waals surface area contributed by atoms with Crippen LogP contribution in [0.1, 0.15) is 23.6 Å². The van der Waals surface area contributed by atoms with Crippen molar-refractivity contribution >= 4 is 11.6 Å². The molecule has 2 aromatic rings. The quantitative estimate of drug-likeness (QED) is 0.866. The van der Waals surface area contributed by atoms with Crippen LogP contribution in [0, 0.1) is 17.5 Å². The molecule has 1 N–H and O–H groups in total. The number of anilines is 1. The second-order valence-electron chi connectivity index (χ2n) is 5.94. The normalized spacial score (nSPS) is 16.3. The van der Waals surface area contributed by atoms with E-state index in [0.29, 0.717) is 0 Å². The monoisotopic (exact) mass is 334 g/mol. The van der Waals surface area contributed by atoms with Crippen LogP contribution < -0.4 is 5.32 Å². The van der Waals surface area contributed by atoms with Crippen molar-refractivity contribution in [3.63, 3.8) is 0 Å². The van der Waals surface area contributed by atoms with Crippen LogP contribution in [0.4, 0.5) is 18.9 Å². The summed E-state index contributed by atoms with van der Waals surface area (Å²) < 4.78 is 39.7. The van der Waals surface area contributed by atoms with Crippen LogP contribution in [0.3, 0.4) is 0 Å². The zero-order valence-electron chi connectivity index (χ0n) is 13.2. The van der Waals surface area contributed by atoms with Crippen LogP contribution in [-0.2, 0) is 11.2 Å². The van der Waals surface area contributed by atoms with Crippen molar-refractivity contribution < 1.29 is 18.0 Å². The third-order valence-electron chi connectivity index (χ3n) is 4.34. The number of halogens is 3. The van der Waals surface area contributed by atoms with E-state index in [9.17, 15) is 18.0 Å². The predicted molar refractivity (Wildman–Crippen MR) is 85.1 cm³/mol. The van der Waals surface area contributed by atoms with Crippen LogP contribution in [0.15, 0.2) is 36.4 Å². The molecule has 3 rings (SSSR count). The second-order valence-corrected chi connectivity index (χ2v) is 5.94. The molecule has 0 bridgehead atoms. The van der Waals surface area contributed by atoms with E-state index in [-0.39, 0.29) is 18.3 Å². The van der Waals surface area contributed by atoms with E-state index in [1.807, 2.05) is 30.1 Å². The minimum absolute atomic E-state index is 0.0252. The van der Waals surface area contributed by atoms with Gasteiger partial charge in [-0.15, -0.1) is 0 Å². The van der Waals surface area contributed by atoms with Crippen molar-refractivity contribution in [3.8, 4) is 0 Å². The van der Waals surface area contributed by atoms with Gasteiger partial charge in [0.1, 0.15) is 0 Å². The minimum Gasteiger partial charge on any atom is -0.322 e. The van der Waals surface area contributed by atoms with Crippen LogP contribution in [0.25, 0.3) is 0 Å². The number of nitrogens with zero attached hydrogens (tertiary/aromatic N) is 1. The van der Waals surface area contributed by atoms with Crippen LogP contribution in [-0.4, -0.2) is 24.4 Å². The van der Waals surface area contributed by atoms with Gasteiger partial charge in [0, 0.05) is 6.04 Å². The van der Waals surface area contributed by atoms with Gasteiger partial charge in [-0.3, -0.25) is 9.69 Å². The first-order valence-electron chi connectivity index (χ1n) is 7.68. The molecule has 1 aliphatic rings. The smallest absolute Gasteiger partial charge is 0.238 e. The zero-order valence-corrected chi connectivity index (χ0v) is 13.2. The zero-order chi connectivity index (χ0) is 17.3. The van der Waals surface area contributed by atoms with Crippen molar-refractivity contribution in [1.29, 1.82) is 0 Å². The lowest BCUT2D eigenvalue weighted by atomic mass is 10.1. The van der Waals surface area contributed by atoms with Crippen molar-refractivity contribution in [1.82, 2.24) is 4.90 Å². The van der Waals surface area contributed by atoms with Crippen molar-refractivity contribution in [2.75, 3.05) is 18.9 Å². The summed E-state index contributed by atoms with van der Waals surface area (Å²) in [4.78, 5) is 14.0. The van der Waals surface area contributed by atoms with Crippen molar-refractivity contribution in [3.05, 3.63) is 65.0 Å². The standard InChI is InChI=1S/C18H17F3N2O/c1-23(15-9-6-11-4-2-3-5-12(11)15)10-16(24)22-14-8-7-13(19)17(20)18(14)21/h2-5,7-8,15H,6,9-10H2,1H3,(H,22,24)/t15-/m1/s1. The summed E-state index contributed by atoms with van der Waals surface area (Å²) in [6.07, 6.45) is 1.85. The van der Waals surface area contributed by atoms with Gasteiger partial charge >= 0.3 is 0 Å². The largest absolute Gasteiger partial charge is 0.322 e. The maximum absolute atomic E-state index is 13.6. The first-order chi connectivity index (χ1) is 11.5.